The molecule has 0 amide bonds. The van der Waals surface area contributed by atoms with Crippen molar-refractivity contribution in [2.75, 3.05) is 12.3 Å². The largest absolute Gasteiger partial charge is 0.330 e. The lowest BCUT2D eigenvalue weighted by molar-refractivity contribution is 0.378. The van der Waals surface area contributed by atoms with E-state index in [0.29, 0.717) is 24.6 Å². The van der Waals surface area contributed by atoms with Crippen LogP contribution in [0, 0.1) is 11.8 Å². The third kappa shape index (κ3) is 5.67. The molecule has 0 aromatic carbocycles. The zero-order valence-electron chi connectivity index (χ0n) is 11.7. The van der Waals surface area contributed by atoms with Crippen LogP contribution in [0.5, 0.6) is 0 Å². The Morgan fingerprint density at radius 3 is 2.33 bits per heavy atom. The van der Waals surface area contributed by atoms with Crippen LogP contribution in [-0.2, 0) is 10.0 Å². The van der Waals surface area contributed by atoms with Gasteiger partial charge in [-0.1, -0.05) is 33.1 Å². The van der Waals surface area contributed by atoms with Crippen LogP contribution in [0.3, 0.4) is 0 Å². The smallest absolute Gasteiger partial charge is 0.212 e. The van der Waals surface area contributed by atoms with E-state index in [2.05, 4.69) is 4.72 Å². The second-order valence-corrected chi connectivity index (χ2v) is 7.63. The van der Waals surface area contributed by atoms with E-state index in [1.54, 1.807) is 0 Å². The van der Waals surface area contributed by atoms with Gasteiger partial charge in [0.15, 0.2) is 0 Å². The maximum absolute atomic E-state index is 12.1. The van der Waals surface area contributed by atoms with Crippen molar-refractivity contribution in [3.63, 3.8) is 0 Å². The summed E-state index contributed by atoms with van der Waals surface area (Å²) in [6.07, 6.45) is 6.44. The Kier molecular flexibility index (Phi) is 6.60. The van der Waals surface area contributed by atoms with E-state index in [9.17, 15) is 8.42 Å². The molecule has 1 aliphatic rings. The standard InChI is InChI=1S/C13H28N2O2S/c1-11(2)13(8-9-14)15-18(16,17)10-12-6-4-3-5-7-12/h11-13,15H,3-10,14H2,1-2H3. The SMILES string of the molecule is CC(C)C(CCN)NS(=O)(=O)CC1CCCCC1. The fourth-order valence-electron chi connectivity index (χ4n) is 2.65. The van der Waals surface area contributed by atoms with E-state index >= 15 is 0 Å². The van der Waals surface area contributed by atoms with Crippen molar-refractivity contribution >= 4 is 10.0 Å². The molecule has 18 heavy (non-hydrogen) atoms. The van der Waals surface area contributed by atoms with Crippen LogP contribution >= 0.6 is 0 Å². The number of hydrogen-bond donors (Lipinski definition) is 2. The van der Waals surface area contributed by atoms with Crippen molar-refractivity contribution in [1.82, 2.24) is 4.72 Å². The quantitative estimate of drug-likeness (QED) is 0.745. The summed E-state index contributed by atoms with van der Waals surface area (Å²) in [4.78, 5) is 0. The minimum atomic E-state index is -3.15. The molecule has 1 saturated carbocycles. The third-order valence-corrected chi connectivity index (χ3v) is 5.37. The summed E-state index contributed by atoms with van der Waals surface area (Å²) in [5.41, 5.74) is 5.54. The van der Waals surface area contributed by atoms with Crippen LogP contribution in [0.4, 0.5) is 0 Å². The Morgan fingerprint density at radius 2 is 1.83 bits per heavy atom. The minimum absolute atomic E-state index is 0.0245. The molecule has 1 rings (SSSR count). The molecular weight excluding hydrogens is 248 g/mol. The lowest BCUT2D eigenvalue weighted by Gasteiger charge is -2.25. The van der Waals surface area contributed by atoms with Gasteiger partial charge in [-0.25, -0.2) is 13.1 Å². The molecule has 0 spiro atoms. The van der Waals surface area contributed by atoms with E-state index in [1.807, 2.05) is 13.8 Å². The number of nitrogens with one attached hydrogen (secondary N) is 1. The first-order chi connectivity index (χ1) is 8.44. The third-order valence-electron chi connectivity index (χ3n) is 3.79. The molecule has 0 saturated heterocycles. The van der Waals surface area contributed by atoms with E-state index in [4.69, 9.17) is 5.73 Å². The monoisotopic (exact) mass is 276 g/mol. The van der Waals surface area contributed by atoms with Crippen LogP contribution in [0.25, 0.3) is 0 Å². The zero-order valence-corrected chi connectivity index (χ0v) is 12.5. The van der Waals surface area contributed by atoms with E-state index in [-0.39, 0.29) is 12.0 Å². The van der Waals surface area contributed by atoms with Crippen LogP contribution in [0.1, 0.15) is 52.4 Å². The van der Waals surface area contributed by atoms with Gasteiger partial charge in [-0.2, -0.15) is 0 Å². The molecule has 0 radical (unpaired) electrons. The molecule has 0 aromatic heterocycles. The van der Waals surface area contributed by atoms with E-state index in [1.165, 1.54) is 19.3 Å². The molecule has 1 aliphatic carbocycles. The number of sulfonamides is 1. The molecule has 4 nitrogen and oxygen atoms in total. The summed E-state index contributed by atoms with van der Waals surface area (Å²) in [6.45, 7) is 4.59. The second kappa shape index (κ2) is 7.46. The van der Waals surface area contributed by atoms with Crippen molar-refractivity contribution in [2.24, 2.45) is 17.6 Å². The predicted molar refractivity (Wildman–Crippen MR) is 75.8 cm³/mol. The summed E-state index contributed by atoms with van der Waals surface area (Å²) in [5, 5.41) is 0. The van der Waals surface area contributed by atoms with Gasteiger partial charge < -0.3 is 5.73 Å². The Hall–Kier alpha value is -0.130. The summed E-state index contributed by atoms with van der Waals surface area (Å²) >= 11 is 0. The Labute approximate surface area is 112 Å². The number of hydrogen-bond acceptors (Lipinski definition) is 3. The molecule has 1 fully saturated rings. The highest BCUT2D eigenvalue weighted by atomic mass is 32.2. The van der Waals surface area contributed by atoms with E-state index in [0.717, 1.165) is 12.8 Å². The highest BCUT2D eigenvalue weighted by Gasteiger charge is 2.24. The molecule has 1 unspecified atom stereocenters. The molecule has 108 valence electrons. The zero-order chi connectivity index (χ0) is 13.6. The topological polar surface area (TPSA) is 72.2 Å². The Bertz CT molecular complexity index is 322. The Balaban J connectivity index is 2.51. The van der Waals surface area contributed by atoms with Crippen LogP contribution in [-0.4, -0.2) is 26.8 Å². The fourth-order valence-corrected chi connectivity index (χ4v) is 4.55. The van der Waals surface area contributed by atoms with Gasteiger partial charge in [0.1, 0.15) is 0 Å². The van der Waals surface area contributed by atoms with Gasteiger partial charge in [-0.05, 0) is 37.6 Å². The van der Waals surface area contributed by atoms with Gasteiger partial charge in [-0.15, -0.1) is 0 Å². The molecule has 5 heteroatoms. The van der Waals surface area contributed by atoms with Crippen molar-refractivity contribution in [2.45, 2.75) is 58.4 Å². The summed E-state index contributed by atoms with van der Waals surface area (Å²) in [6, 6.07) is -0.0245. The molecular formula is C13H28N2O2S. The van der Waals surface area contributed by atoms with Gasteiger partial charge in [-0.3, -0.25) is 0 Å². The lowest BCUT2D eigenvalue weighted by Crippen LogP contribution is -2.42. The van der Waals surface area contributed by atoms with Crippen molar-refractivity contribution in [3.8, 4) is 0 Å². The summed E-state index contributed by atoms with van der Waals surface area (Å²) < 4.78 is 27.1. The van der Waals surface area contributed by atoms with E-state index < -0.39 is 10.0 Å². The minimum Gasteiger partial charge on any atom is -0.330 e. The molecule has 0 aliphatic heterocycles. The van der Waals surface area contributed by atoms with Gasteiger partial charge in [0, 0.05) is 6.04 Å². The normalized spacial score (nSPS) is 20.2. The highest BCUT2D eigenvalue weighted by Crippen LogP contribution is 2.24. The van der Waals surface area contributed by atoms with Gasteiger partial charge in [0.2, 0.25) is 10.0 Å². The van der Waals surface area contributed by atoms with Crippen LogP contribution in [0.2, 0.25) is 0 Å². The van der Waals surface area contributed by atoms with Crippen LogP contribution in [0.15, 0.2) is 0 Å². The van der Waals surface area contributed by atoms with Gasteiger partial charge in [0.25, 0.3) is 0 Å². The highest BCUT2D eigenvalue weighted by molar-refractivity contribution is 7.89. The fraction of sp³-hybridized carbons (Fsp3) is 1.00. The summed E-state index contributed by atoms with van der Waals surface area (Å²) in [7, 11) is -3.15. The number of nitrogens with two attached hydrogens (primary N) is 1. The molecule has 1 atom stereocenters. The van der Waals surface area contributed by atoms with Crippen LogP contribution < -0.4 is 10.5 Å². The maximum atomic E-state index is 12.1. The molecule has 0 aromatic rings. The van der Waals surface area contributed by atoms with Gasteiger partial charge in [0.05, 0.1) is 5.75 Å². The number of rotatable bonds is 7. The average Bonchev–Trinajstić information content (AvgIpc) is 2.28. The second-order valence-electron chi connectivity index (χ2n) is 5.83. The lowest BCUT2D eigenvalue weighted by atomic mass is 9.91. The molecule has 3 N–H and O–H groups in total. The van der Waals surface area contributed by atoms with Crippen molar-refractivity contribution in [1.29, 1.82) is 0 Å². The first-order valence-corrected chi connectivity index (χ1v) is 8.80. The summed E-state index contributed by atoms with van der Waals surface area (Å²) in [5.74, 6) is 0.928. The average molecular weight is 276 g/mol. The maximum Gasteiger partial charge on any atom is 0.212 e. The van der Waals surface area contributed by atoms with Crippen molar-refractivity contribution < 1.29 is 8.42 Å². The van der Waals surface area contributed by atoms with Crippen molar-refractivity contribution in [3.05, 3.63) is 0 Å². The molecule has 0 bridgehead atoms. The first-order valence-electron chi connectivity index (χ1n) is 7.14. The van der Waals surface area contributed by atoms with Gasteiger partial charge >= 0.3 is 0 Å². The first kappa shape index (κ1) is 15.9. The molecule has 0 heterocycles. The Morgan fingerprint density at radius 1 is 1.22 bits per heavy atom. The predicted octanol–water partition coefficient (Wildman–Crippen LogP) is 1.86.